The van der Waals surface area contributed by atoms with E-state index >= 15 is 0 Å². The van der Waals surface area contributed by atoms with Gasteiger partial charge in [0.2, 0.25) is 0 Å². The minimum absolute atomic E-state index is 0.148. The number of carbonyl (C=O) groups excluding carboxylic acids is 2. The molecule has 2 aromatic rings. The van der Waals surface area contributed by atoms with E-state index in [0.717, 1.165) is 5.56 Å². The van der Waals surface area contributed by atoms with Gasteiger partial charge in [0.15, 0.2) is 0 Å². The highest BCUT2D eigenvalue weighted by Crippen LogP contribution is 2.37. The Morgan fingerprint density at radius 1 is 1.13 bits per heavy atom. The van der Waals surface area contributed by atoms with Crippen LogP contribution in [0, 0.1) is 0 Å². The number of fused-ring (bicyclic) bond motifs is 1. The number of amides is 2. The van der Waals surface area contributed by atoms with Gasteiger partial charge in [0.25, 0.3) is 12.3 Å². The molecule has 7 heteroatoms. The van der Waals surface area contributed by atoms with Crippen molar-refractivity contribution in [1.29, 1.82) is 0 Å². The SMILES string of the molecule is C[C@@H](c1ccccc1)N1C(=O)[C@H](NC(=O)OC(C)(C)C)Cc2ccc(C(F)F)cc21. The molecule has 1 aliphatic heterocycles. The number of ether oxygens (including phenoxy) is 1. The molecule has 0 spiro atoms. The van der Waals surface area contributed by atoms with Crippen LogP contribution in [0.15, 0.2) is 48.5 Å². The molecule has 0 unspecified atom stereocenters. The summed E-state index contributed by atoms with van der Waals surface area (Å²) in [7, 11) is 0. The van der Waals surface area contributed by atoms with Crippen LogP contribution < -0.4 is 10.2 Å². The van der Waals surface area contributed by atoms with E-state index in [2.05, 4.69) is 5.32 Å². The van der Waals surface area contributed by atoms with E-state index < -0.39 is 30.2 Å². The van der Waals surface area contributed by atoms with Gasteiger partial charge in [-0.15, -0.1) is 0 Å². The zero-order valence-corrected chi connectivity index (χ0v) is 17.5. The molecule has 0 fully saturated rings. The minimum atomic E-state index is -2.64. The zero-order chi connectivity index (χ0) is 22.1. The molecule has 0 saturated carbocycles. The van der Waals surface area contributed by atoms with E-state index in [9.17, 15) is 18.4 Å². The first-order chi connectivity index (χ1) is 14.1. The number of nitrogens with one attached hydrogen (secondary N) is 1. The lowest BCUT2D eigenvalue weighted by Gasteiger charge is -2.38. The van der Waals surface area contributed by atoms with Crippen LogP contribution in [0.4, 0.5) is 19.3 Å². The second-order valence-corrected chi connectivity index (χ2v) is 8.39. The van der Waals surface area contributed by atoms with Crippen LogP contribution in [-0.2, 0) is 16.0 Å². The fraction of sp³-hybridized carbons (Fsp3) is 0.391. The molecular weight excluding hydrogens is 390 g/mol. The Kier molecular flexibility index (Phi) is 6.10. The second-order valence-electron chi connectivity index (χ2n) is 8.39. The quantitative estimate of drug-likeness (QED) is 0.748. The molecule has 30 heavy (non-hydrogen) atoms. The van der Waals surface area contributed by atoms with Crippen LogP contribution in [-0.4, -0.2) is 23.6 Å². The number of benzene rings is 2. The molecule has 0 bridgehead atoms. The predicted octanol–water partition coefficient (Wildman–Crippen LogP) is 5.17. The van der Waals surface area contributed by atoms with Gasteiger partial charge < -0.3 is 15.0 Å². The first-order valence-corrected chi connectivity index (χ1v) is 9.85. The van der Waals surface area contributed by atoms with E-state index in [1.807, 2.05) is 37.3 Å². The highest BCUT2D eigenvalue weighted by atomic mass is 19.3. The van der Waals surface area contributed by atoms with Gasteiger partial charge in [0.05, 0.1) is 6.04 Å². The van der Waals surface area contributed by atoms with Gasteiger partial charge in [-0.3, -0.25) is 4.79 Å². The molecule has 0 aliphatic carbocycles. The maximum absolute atomic E-state index is 13.4. The Morgan fingerprint density at radius 3 is 2.40 bits per heavy atom. The molecule has 1 N–H and O–H groups in total. The average molecular weight is 416 g/mol. The minimum Gasteiger partial charge on any atom is -0.444 e. The molecule has 2 aromatic carbocycles. The zero-order valence-electron chi connectivity index (χ0n) is 17.5. The van der Waals surface area contributed by atoms with Gasteiger partial charge in [-0.05, 0) is 44.9 Å². The van der Waals surface area contributed by atoms with E-state index in [1.165, 1.54) is 17.0 Å². The first-order valence-electron chi connectivity index (χ1n) is 9.85. The van der Waals surface area contributed by atoms with Gasteiger partial charge in [0, 0.05) is 17.7 Å². The molecule has 3 rings (SSSR count). The monoisotopic (exact) mass is 416 g/mol. The molecule has 0 saturated heterocycles. The van der Waals surface area contributed by atoms with Crippen LogP contribution in [0.5, 0.6) is 0 Å². The van der Waals surface area contributed by atoms with E-state index in [0.29, 0.717) is 11.3 Å². The van der Waals surface area contributed by atoms with Crippen molar-refractivity contribution in [2.45, 2.75) is 58.2 Å². The summed E-state index contributed by atoms with van der Waals surface area (Å²) in [6, 6.07) is 12.4. The van der Waals surface area contributed by atoms with Gasteiger partial charge in [-0.1, -0.05) is 42.5 Å². The number of rotatable bonds is 4. The number of anilines is 1. The van der Waals surface area contributed by atoms with Crippen LogP contribution >= 0.6 is 0 Å². The molecule has 2 amide bonds. The van der Waals surface area contributed by atoms with E-state index in [4.69, 9.17) is 4.74 Å². The van der Waals surface area contributed by atoms with Crippen molar-refractivity contribution in [1.82, 2.24) is 5.32 Å². The summed E-state index contributed by atoms with van der Waals surface area (Å²) in [5.74, 6) is -0.365. The van der Waals surface area contributed by atoms with Crippen molar-refractivity contribution in [3.8, 4) is 0 Å². The number of nitrogens with zero attached hydrogens (tertiary/aromatic N) is 1. The lowest BCUT2D eigenvalue weighted by Crippen LogP contribution is -2.54. The maximum atomic E-state index is 13.4. The molecule has 5 nitrogen and oxygen atoms in total. The van der Waals surface area contributed by atoms with Crippen LogP contribution in [0.3, 0.4) is 0 Å². The van der Waals surface area contributed by atoms with Crippen molar-refractivity contribution in [2.75, 3.05) is 4.90 Å². The smallest absolute Gasteiger partial charge is 0.408 e. The Bertz CT molecular complexity index is 926. The van der Waals surface area contributed by atoms with E-state index in [-0.39, 0.29) is 17.9 Å². The Morgan fingerprint density at radius 2 is 1.80 bits per heavy atom. The first kappa shape index (κ1) is 21.7. The molecule has 1 heterocycles. The maximum Gasteiger partial charge on any atom is 0.408 e. The third-order valence-corrected chi connectivity index (χ3v) is 4.94. The van der Waals surface area contributed by atoms with Crippen molar-refractivity contribution in [2.24, 2.45) is 0 Å². The third-order valence-electron chi connectivity index (χ3n) is 4.94. The summed E-state index contributed by atoms with van der Waals surface area (Å²) in [6.07, 6.45) is -3.13. The van der Waals surface area contributed by atoms with Crippen LogP contribution in [0.1, 0.15) is 56.9 Å². The third kappa shape index (κ3) is 4.78. The van der Waals surface area contributed by atoms with Crippen molar-refractivity contribution < 1.29 is 23.1 Å². The Labute approximate surface area is 175 Å². The molecular formula is C23H26F2N2O3. The molecule has 160 valence electrons. The van der Waals surface area contributed by atoms with Gasteiger partial charge >= 0.3 is 6.09 Å². The van der Waals surface area contributed by atoms with Crippen molar-refractivity contribution in [3.63, 3.8) is 0 Å². The topological polar surface area (TPSA) is 58.6 Å². The lowest BCUT2D eigenvalue weighted by atomic mass is 9.93. The highest BCUT2D eigenvalue weighted by molar-refractivity contribution is 6.02. The predicted molar refractivity (Wildman–Crippen MR) is 111 cm³/mol. The second kappa shape index (κ2) is 8.42. The summed E-state index contributed by atoms with van der Waals surface area (Å²) < 4.78 is 31.9. The average Bonchev–Trinajstić information content (AvgIpc) is 2.67. The number of alkyl carbamates (subject to hydrolysis) is 1. The Hall–Kier alpha value is -2.96. The normalized spacial score (nSPS) is 17.5. The summed E-state index contributed by atoms with van der Waals surface area (Å²) in [5.41, 5.74) is 1.16. The summed E-state index contributed by atoms with van der Waals surface area (Å²) in [5, 5.41) is 2.64. The summed E-state index contributed by atoms with van der Waals surface area (Å²) >= 11 is 0. The number of alkyl halides is 2. The van der Waals surface area contributed by atoms with Gasteiger partial charge in [-0.25, -0.2) is 13.6 Å². The number of halogens is 2. The number of hydrogen-bond donors (Lipinski definition) is 1. The standard InChI is InChI=1S/C23H26F2N2O3/c1-14(15-8-6-5-7-9-15)27-19-13-17(20(24)25)11-10-16(19)12-18(21(27)28)26-22(29)30-23(2,3)4/h5-11,13-14,18,20H,12H2,1-4H3,(H,26,29)/t14-,18+/m0/s1. The highest BCUT2D eigenvalue weighted by Gasteiger charge is 2.38. The Balaban J connectivity index is 1.98. The summed E-state index contributed by atoms with van der Waals surface area (Å²) in [4.78, 5) is 27.1. The van der Waals surface area contributed by atoms with Gasteiger partial charge in [0.1, 0.15) is 11.6 Å². The van der Waals surface area contributed by atoms with Crippen LogP contribution in [0.25, 0.3) is 0 Å². The number of carbonyl (C=O) groups is 2. The van der Waals surface area contributed by atoms with Crippen LogP contribution in [0.2, 0.25) is 0 Å². The van der Waals surface area contributed by atoms with Crippen molar-refractivity contribution >= 4 is 17.7 Å². The fourth-order valence-electron chi connectivity index (χ4n) is 3.55. The molecule has 1 aliphatic rings. The van der Waals surface area contributed by atoms with E-state index in [1.54, 1.807) is 26.8 Å². The summed E-state index contributed by atoms with van der Waals surface area (Å²) in [6.45, 7) is 7.04. The molecule has 2 atom stereocenters. The number of hydrogen-bond acceptors (Lipinski definition) is 3. The van der Waals surface area contributed by atoms with Gasteiger partial charge in [-0.2, -0.15) is 0 Å². The fourth-order valence-corrected chi connectivity index (χ4v) is 3.55. The van der Waals surface area contributed by atoms with Crippen molar-refractivity contribution in [3.05, 3.63) is 65.2 Å². The molecule has 0 radical (unpaired) electrons. The largest absolute Gasteiger partial charge is 0.444 e. The molecule has 0 aromatic heterocycles. The lowest BCUT2D eigenvalue weighted by molar-refractivity contribution is -0.121.